The summed E-state index contributed by atoms with van der Waals surface area (Å²) in [7, 11) is 2.40. The number of pyridine rings is 2. The van der Waals surface area contributed by atoms with Gasteiger partial charge >= 0.3 is 0 Å². The Morgan fingerprint density at radius 1 is 1.21 bits per heavy atom. The smallest absolute Gasteiger partial charge is 0.253 e. The van der Waals surface area contributed by atoms with Crippen LogP contribution in [0.15, 0.2) is 42.7 Å². The Labute approximate surface area is 201 Å². The number of hydrogen-bond acceptors (Lipinski definition) is 4. The zero-order valence-electron chi connectivity index (χ0n) is 19.8. The first-order chi connectivity index (χ1) is 16.3. The molecule has 4 rings (SSSR count). The van der Waals surface area contributed by atoms with Crippen molar-refractivity contribution < 1.29 is 13.6 Å². The highest BCUT2D eigenvalue weighted by Gasteiger charge is 2.24. The second kappa shape index (κ2) is 10.8. The van der Waals surface area contributed by atoms with Gasteiger partial charge in [-0.15, -0.1) is 0 Å². The molecule has 1 N–H and O–H groups in total. The standard InChI is InChI=1S/C25H32F2N5OP/c1-16(26)14-31(3)22-12-7-18(13-28-22)25(33)29-19-8-10-20(11-9-19)34-24-6-4-5-23-30-21(17(2)27)15-32(23)24/h4-7,12-13,15-17,19-20,34H,8-11,14H2,1-3H3,(H,29,33). The van der Waals surface area contributed by atoms with Crippen LogP contribution in [0.2, 0.25) is 0 Å². The molecule has 0 saturated heterocycles. The maximum Gasteiger partial charge on any atom is 0.253 e. The van der Waals surface area contributed by atoms with Crippen molar-refractivity contribution in [1.29, 1.82) is 0 Å². The van der Waals surface area contributed by atoms with Gasteiger partial charge in [0.25, 0.3) is 5.91 Å². The van der Waals surface area contributed by atoms with Crippen molar-refractivity contribution in [1.82, 2.24) is 19.7 Å². The zero-order valence-corrected chi connectivity index (χ0v) is 20.8. The number of anilines is 1. The number of halogens is 2. The summed E-state index contributed by atoms with van der Waals surface area (Å²) in [6.07, 6.45) is 5.25. The number of alkyl halides is 2. The molecular weight excluding hydrogens is 455 g/mol. The molecule has 6 nitrogen and oxygen atoms in total. The van der Waals surface area contributed by atoms with Crippen LogP contribution in [0.1, 0.15) is 61.8 Å². The number of nitrogens with zero attached hydrogens (tertiary/aromatic N) is 4. The van der Waals surface area contributed by atoms with Crippen LogP contribution in [-0.2, 0) is 0 Å². The van der Waals surface area contributed by atoms with Gasteiger partial charge < -0.3 is 10.2 Å². The first-order valence-electron chi connectivity index (χ1n) is 11.8. The van der Waals surface area contributed by atoms with E-state index in [9.17, 15) is 13.6 Å². The van der Waals surface area contributed by atoms with Crippen LogP contribution in [0, 0.1) is 0 Å². The van der Waals surface area contributed by atoms with Gasteiger partial charge in [-0.3, -0.25) is 9.20 Å². The normalized spacial score (nSPS) is 20.5. The number of hydrogen-bond donors (Lipinski definition) is 1. The molecule has 0 aliphatic heterocycles. The van der Waals surface area contributed by atoms with Crippen molar-refractivity contribution in [2.24, 2.45) is 0 Å². The van der Waals surface area contributed by atoms with Gasteiger partial charge in [-0.2, -0.15) is 0 Å². The van der Waals surface area contributed by atoms with Crippen LogP contribution in [0.5, 0.6) is 0 Å². The fourth-order valence-electron chi connectivity index (χ4n) is 4.42. The Kier molecular flexibility index (Phi) is 7.77. The summed E-state index contributed by atoms with van der Waals surface area (Å²) < 4.78 is 28.9. The maximum absolute atomic E-state index is 13.7. The third-order valence-corrected chi connectivity index (χ3v) is 7.95. The average Bonchev–Trinajstić information content (AvgIpc) is 3.26. The summed E-state index contributed by atoms with van der Waals surface area (Å²) in [6.45, 7) is 3.28. The van der Waals surface area contributed by atoms with E-state index in [1.54, 1.807) is 30.3 Å². The van der Waals surface area contributed by atoms with Crippen molar-refractivity contribution >= 4 is 31.4 Å². The minimum atomic E-state index is -1.08. The molecule has 0 aromatic carbocycles. The first kappa shape index (κ1) is 24.5. The van der Waals surface area contributed by atoms with Crippen LogP contribution in [0.3, 0.4) is 0 Å². The van der Waals surface area contributed by atoms with Crippen molar-refractivity contribution in [2.45, 2.75) is 63.6 Å². The number of carbonyl (C=O) groups is 1. The lowest BCUT2D eigenvalue weighted by molar-refractivity contribution is 0.0927. The number of carbonyl (C=O) groups excluding carboxylic acids is 1. The molecule has 1 fully saturated rings. The Bertz CT molecular complexity index is 1110. The Balaban J connectivity index is 1.30. The molecule has 3 atom stereocenters. The molecule has 0 radical (unpaired) electrons. The van der Waals surface area contributed by atoms with Gasteiger partial charge in [-0.25, -0.2) is 18.7 Å². The van der Waals surface area contributed by atoms with E-state index in [1.807, 2.05) is 22.7 Å². The monoisotopic (exact) mass is 487 g/mol. The molecule has 34 heavy (non-hydrogen) atoms. The lowest BCUT2D eigenvalue weighted by Crippen LogP contribution is -2.38. The van der Waals surface area contributed by atoms with E-state index in [0.29, 0.717) is 31.3 Å². The van der Waals surface area contributed by atoms with E-state index in [2.05, 4.69) is 21.4 Å². The number of amides is 1. The molecular formula is C25H32F2N5OP. The number of fused-ring (bicyclic) bond motifs is 1. The highest BCUT2D eigenvalue weighted by molar-refractivity contribution is 7.47. The quantitative estimate of drug-likeness (QED) is 0.472. The van der Waals surface area contributed by atoms with E-state index in [0.717, 1.165) is 31.3 Å². The van der Waals surface area contributed by atoms with Crippen molar-refractivity contribution in [3.63, 3.8) is 0 Å². The van der Waals surface area contributed by atoms with Gasteiger partial charge in [0.15, 0.2) is 0 Å². The third-order valence-electron chi connectivity index (χ3n) is 6.26. The van der Waals surface area contributed by atoms with Crippen LogP contribution < -0.4 is 15.7 Å². The van der Waals surface area contributed by atoms with E-state index >= 15 is 0 Å². The highest BCUT2D eigenvalue weighted by Crippen LogP contribution is 2.33. The Morgan fingerprint density at radius 2 is 1.97 bits per heavy atom. The van der Waals surface area contributed by atoms with Gasteiger partial charge in [0, 0.05) is 37.5 Å². The van der Waals surface area contributed by atoms with Gasteiger partial charge in [-0.1, -0.05) is 14.6 Å². The lowest BCUT2D eigenvalue weighted by Gasteiger charge is -2.29. The van der Waals surface area contributed by atoms with Crippen molar-refractivity contribution in [3.05, 3.63) is 54.0 Å². The molecule has 3 aromatic rings. The van der Waals surface area contributed by atoms with Gasteiger partial charge in [0.2, 0.25) is 0 Å². The molecule has 3 unspecified atom stereocenters. The zero-order chi connectivity index (χ0) is 24.2. The summed E-state index contributed by atoms with van der Waals surface area (Å²) in [6, 6.07) is 9.62. The number of aromatic nitrogens is 3. The summed E-state index contributed by atoms with van der Waals surface area (Å²) >= 11 is 0. The van der Waals surface area contributed by atoms with Gasteiger partial charge in [0.05, 0.1) is 11.3 Å². The van der Waals surface area contributed by atoms with E-state index in [4.69, 9.17) is 0 Å². The largest absolute Gasteiger partial charge is 0.357 e. The summed E-state index contributed by atoms with van der Waals surface area (Å²) in [4.78, 5) is 23.1. The Hall–Kier alpha value is -2.60. The van der Waals surface area contributed by atoms with E-state index in [1.165, 1.54) is 19.3 Å². The van der Waals surface area contributed by atoms with Crippen molar-refractivity contribution in [2.75, 3.05) is 18.5 Å². The van der Waals surface area contributed by atoms with Gasteiger partial charge in [-0.05, 0) is 69.5 Å². The Morgan fingerprint density at radius 3 is 2.62 bits per heavy atom. The average molecular weight is 488 g/mol. The molecule has 0 spiro atoms. The molecule has 0 bridgehead atoms. The highest BCUT2D eigenvalue weighted by atomic mass is 31.1. The molecule has 1 saturated carbocycles. The second-order valence-corrected chi connectivity index (χ2v) is 10.8. The van der Waals surface area contributed by atoms with Gasteiger partial charge in [0.1, 0.15) is 23.8 Å². The summed E-state index contributed by atoms with van der Waals surface area (Å²) in [5.41, 5.74) is 3.48. The summed E-state index contributed by atoms with van der Waals surface area (Å²) in [5, 5.41) is 3.14. The first-order valence-corrected chi connectivity index (χ1v) is 12.9. The minimum absolute atomic E-state index is 0.123. The van der Waals surface area contributed by atoms with E-state index in [-0.39, 0.29) is 18.5 Å². The summed E-state index contributed by atoms with van der Waals surface area (Å²) in [5.74, 6) is 0.520. The maximum atomic E-state index is 13.7. The molecule has 182 valence electrons. The fourth-order valence-corrected chi connectivity index (χ4v) is 5.97. The number of rotatable bonds is 8. The predicted molar refractivity (Wildman–Crippen MR) is 134 cm³/mol. The molecule has 3 heterocycles. The third kappa shape index (κ3) is 5.90. The molecule has 1 aliphatic rings. The van der Waals surface area contributed by atoms with Crippen molar-refractivity contribution in [3.8, 4) is 0 Å². The number of imidazole rings is 1. The molecule has 3 aromatic heterocycles. The predicted octanol–water partition coefficient (Wildman–Crippen LogP) is 4.60. The van der Waals surface area contributed by atoms with Crippen LogP contribution in [0.4, 0.5) is 14.6 Å². The lowest BCUT2D eigenvalue weighted by atomic mass is 9.95. The topological polar surface area (TPSA) is 62.5 Å². The second-order valence-electron chi connectivity index (χ2n) is 9.15. The SMILES string of the molecule is CC(F)CN(C)c1ccc(C(=O)NC2CCC(Pc3cccc4nc(C(C)F)cn34)CC2)cn1. The minimum Gasteiger partial charge on any atom is -0.357 e. The fraction of sp³-hybridized carbons (Fsp3) is 0.480. The molecule has 1 amide bonds. The van der Waals surface area contributed by atoms with Crippen LogP contribution in [-0.4, -0.2) is 51.7 Å². The molecule has 1 aliphatic carbocycles. The van der Waals surface area contributed by atoms with Crippen LogP contribution >= 0.6 is 8.58 Å². The van der Waals surface area contributed by atoms with E-state index < -0.39 is 12.3 Å². The number of nitrogens with one attached hydrogen (secondary N) is 1. The van der Waals surface area contributed by atoms with Crippen LogP contribution in [0.25, 0.3) is 5.65 Å². The molecule has 9 heteroatoms.